The molecule has 3 aromatic rings. The molecule has 3 rings (SSSR count). The molecule has 0 radical (unpaired) electrons. The highest BCUT2D eigenvalue weighted by molar-refractivity contribution is 6.30. The van der Waals surface area contributed by atoms with E-state index in [0.29, 0.717) is 16.8 Å². The van der Waals surface area contributed by atoms with Crippen molar-refractivity contribution in [1.82, 2.24) is 9.97 Å². The van der Waals surface area contributed by atoms with Crippen LogP contribution in [-0.2, 0) is 0 Å². The fraction of sp³-hybridized carbons (Fsp3) is 0. The first-order valence-corrected chi connectivity index (χ1v) is 7.56. The van der Waals surface area contributed by atoms with E-state index in [9.17, 15) is 18.9 Å². The standard InChI is InChI=1S/C16H10ClF2N5O2/c17-9-2-1-3-11(6-9)22-15-14(24(25)26)16(21-8-20-15)23-13-5-4-10(18)7-12(13)19/h1-8H,(H2,20,21,22,23). The van der Waals surface area contributed by atoms with Crippen LogP contribution in [0.4, 0.5) is 37.5 Å². The van der Waals surface area contributed by atoms with E-state index in [4.69, 9.17) is 11.6 Å². The van der Waals surface area contributed by atoms with E-state index in [1.54, 1.807) is 24.3 Å². The van der Waals surface area contributed by atoms with E-state index in [0.717, 1.165) is 18.5 Å². The van der Waals surface area contributed by atoms with Gasteiger partial charge in [0.1, 0.15) is 18.0 Å². The van der Waals surface area contributed by atoms with Crippen LogP contribution in [0.2, 0.25) is 5.02 Å². The van der Waals surface area contributed by atoms with Gasteiger partial charge in [-0.25, -0.2) is 18.7 Å². The van der Waals surface area contributed by atoms with Gasteiger partial charge in [-0.3, -0.25) is 10.1 Å². The van der Waals surface area contributed by atoms with E-state index in [1.807, 2.05) is 0 Å². The minimum atomic E-state index is -0.915. The van der Waals surface area contributed by atoms with Gasteiger partial charge in [0.15, 0.2) is 0 Å². The van der Waals surface area contributed by atoms with Crippen LogP contribution in [0.1, 0.15) is 0 Å². The lowest BCUT2D eigenvalue weighted by Crippen LogP contribution is -2.06. The Morgan fingerprint density at radius 2 is 1.77 bits per heavy atom. The molecular formula is C16H10ClF2N5O2. The van der Waals surface area contributed by atoms with Crippen LogP contribution in [0.3, 0.4) is 0 Å². The average molecular weight is 378 g/mol. The first kappa shape index (κ1) is 17.5. The third kappa shape index (κ3) is 3.83. The predicted molar refractivity (Wildman–Crippen MR) is 93.1 cm³/mol. The van der Waals surface area contributed by atoms with E-state index >= 15 is 0 Å². The molecule has 0 atom stereocenters. The van der Waals surface area contributed by atoms with E-state index < -0.39 is 22.2 Å². The maximum absolute atomic E-state index is 13.8. The Hall–Kier alpha value is -3.33. The highest BCUT2D eigenvalue weighted by Crippen LogP contribution is 2.33. The lowest BCUT2D eigenvalue weighted by molar-refractivity contribution is -0.383. The molecule has 0 aliphatic carbocycles. The summed E-state index contributed by atoms with van der Waals surface area (Å²) in [5, 5.41) is 17.2. The van der Waals surface area contributed by atoms with Crippen molar-refractivity contribution >= 4 is 40.3 Å². The van der Waals surface area contributed by atoms with Gasteiger partial charge in [0, 0.05) is 16.8 Å². The largest absolute Gasteiger partial charge is 0.353 e. The molecule has 10 heteroatoms. The second-order valence-electron chi connectivity index (χ2n) is 5.06. The molecule has 2 aromatic carbocycles. The van der Waals surface area contributed by atoms with Crippen LogP contribution in [-0.4, -0.2) is 14.9 Å². The number of hydrogen-bond acceptors (Lipinski definition) is 6. The molecule has 132 valence electrons. The normalized spacial score (nSPS) is 10.4. The minimum absolute atomic E-state index is 0.114. The Labute approximate surface area is 150 Å². The summed E-state index contributed by atoms with van der Waals surface area (Å²) in [6, 6.07) is 9.28. The van der Waals surface area contributed by atoms with Crippen molar-refractivity contribution in [2.75, 3.05) is 10.6 Å². The number of benzene rings is 2. The number of nitrogens with one attached hydrogen (secondary N) is 2. The van der Waals surface area contributed by atoms with E-state index in [-0.39, 0.29) is 17.3 Å². The molecule has 7 nitrogen and oxygen atoms in total. The van der Waals surface area contributed by atoms with Crippen molar-refractivity contribution < 1.29 is 13.7 Å². The third-order valence-corrected chi connectivity index (χ3v) is 3.51. The molecule has 2 N–H and O–H groups in total. The van der Waals surface area contributed by atoms with Gasteiger partial charge < -0.3 is 10.6 Å². The predicted octanol–water partition coefficient (Wildman–Crippen LogP) is 4.80. The average Bonchev–Trinajstić information content (AvgIpc) is 2.57. The summed E-state index contributed by atoms with van der Waals surface area (Å²) in [7, 11) is 0. The Bertz CT molecular complexity index is 987. The molecule has 1 aromatic heterocycles. The van der Waals surface area contributed by atoms with Gasteiger partial charge in [-0.05, 0) is 30.3 Å². The first-order valence-electron chi connectivity index (χ1n) is 7.18. The minimum Gasteiger partial charge on any atom is -0.334 e. The molecule has 0 amide bonds. The molecule has 0 bridgehead atoms. The van der Waals surface area contributed by atoms with Crippen molar-refractivity contribution in [3.8, 4) is 0 Å². The Morgan fingerprint density at radius 1 is 1.04 bits per heavy atom. The topological polar surface area (TPSA) is 93.0 Å². The molecule has 0 saturated heterocycles. The quantitative estimate of drug-likeness (QED) is 0.490. The number of nitrogens with zero attached hydrogens (tertiary/aromatic N) is 3. The summed E-state index contributed by atoms with van der Waals surface area (Å²) < 4.78 is 26.8. The highest BCUT2D eigenvalue weighted by Gasteiger charge is 2.24. The van der Waals surface area contributed by atoms with Crippen LogP contribution in [0.5, 0.6) is 0 Å². The number of nitro groups is 1. The molecular weight excluding hydrogens is 368 g/mol. The molecule has 0 aliphatic rings. The monoisotopic (exact) mass is 377 g/mol. The maximum atomic E-state index is 13.8. The third-order valence-electron chi connectivity index (χ3n) is 3.28. The number of hydrogen-bond donors (Lipinski definition) is 2. The number of anilines is 4. The molecule has 26 heavy (non-hydrogen) atoms. The summed E-state index contributed by atoms with van der Waals surface area (Å²) in [5.41, 5.74) is -0.198. The highest BCUT2D eigenvalue weighted by atomic mass is 35.5. The van der Waals surface area contributed by atoms with Crippen molar-refractivity contribution in [3.05, 3.63) is 75.6 Å². The maximum Gasteiger partial charge on any atom is 0.353 e. The summed E-state index contributed by atoms with van der Waals surface area (Å²) in [6.07, 6.45) is 1.07. The zero-order valence-electron chi connectivity index (χ0n) is 12.9. The molecule has 0 aliphatic heterocycles. The number of aromatic nitrogens is 2. The lowest BCUT2D eigenvalue weighted by Gasteiger charge is -2.10. The SMILES string of the molecule is O=[N+]([O-])c1c(Nc2cccc(Cl)c2)ncnc1Nc1ccc(F)cc1F. The molecule has 0 saturated carbocycles. The summed E-state index contributed by atoms with van der Waals surface area (Å²) in [5.74, 6) is -2.05. The van der Waals surface area contributed by atoms with Crippen molar-refractivity contribution in [2.45, 2.75) is 0 Å². The fourth-order valence-electron chi connectivity index (χ4n) is 2.16. The van der Waals surface area contributed by atoms with Crippen LogP contribution in [0.25, 0.3) is 0 Å². The van der Waals surface area contributed by atoms with Gasteiger partial charge in [0.2, 0.25) is 11.6 Å². The summed E-state index contributed by atoms with van der Waals surface area (Å²) in [6.45, 7) is 0. The van der Waals surface area contributed by atoms with Crippen LogP contribution in [0, 0.1) is 21.7 Å². The first-order chi connectivity index (χ1) is 12.4. The Morgan fingerprint density at radius 3 is 2.42 bits per heavy atom. The Kier molecular flexibility index (Phi) is 4.90. The molecule has 0 spiro atoms. The van der Waals surface area contributed by atoms with E-state index in [1.165, 1.54) is 0 Å². The Balaban J connectivity index is 1.99. The fourth-order valence-corrected chi connectivity index (χ4v) is 2.35. The molecule has 1 heterocycles. The molecule has 0 unspecified atom stereocenters. The van der Waals surface area contributed by atoms with Gasteiger partial charge in [-0.2, -0.15) is 0 Å². The zero-order chi connectivity index (χ0) is 18.7. The summed E-state index contributed by atoms with van der Waals surface area (Å²) in [4.78, 5) is 18.4. The number of halogens is 3. The zero-order valence-corrected chi connectivity index (χ0v) is 13.7. The smallest absolute Gasteiger partial charge is 0.334 e. The number of rotatable bonds is 5. The van der Waals surface area contributed by atoms with Crippen molar-refractivity contribution in [2.24, 2.45) is 0 Å². The van der Waals surface area contributed by atoms with Crippen LogP contribution < -0.4 is 10.6 Å². The van der Waals surface area contributed by atoms with Gasteiger partial charge in [-0.1, -0.05) is 17.7 Å². The lowest BCUT2D eigenvalue weighted by atomic mass is 10.3. The van der Waals surface area contributed by atoms with E-state index in [2.05, 4.69) is 20.6 Å². The van der Waals surface area contributed by atoms with Crippen molar-refractivity contribution in [1.29, 1.82) is 0 Å². The van der Waals surface area contributed by atoms with Gasteiger partial charge in [0.05, 0.1) is 10.6 Å². The second kappa shape index (κ2) is 7.28. The summed E-state index contributed by atoms with van der Waals surface area (Å²) >= 11 is 5.89. The van der Waals surface area contributed by atoms with Gasteiger partial charge in [0.25, 0.3) is 0 Å². The van der Waals surface area contributed by atoms with Crippen molar-refractivity contribution in [3.63, 3.8) is 0 Å². The van der Waals surface area contributed by atoms with Crippen LogP contribution in [0.15, 0.2) is 48.8 Å². The molecule has 0 fully saturated rings. The second-order valence-corrected chi connectivity index (χ2v) is 5.50. The van der Waals surface area contributed by atoms with Crippen LogP contribution >= 0.6 is 11.6 Å². The van der Waals surface area contributed by atoms with Gasteiger partial charge in [-0.15, -0.1) is 0 Å². The van der Waals surface area contributed by atoms with Gasteiger partial charge >= 0.3 is 5.69 Å².